The molecule has 3 nitrogen and oxygen atoms in total. The van der Waals surface area contributed by atoms with E-state index in [1.54, 1.807) is 0 Å². The number of rotatable bonds is 1. The number of hydrogen-bond acceptors (Lipinski definition) is 3. The predicted molar refractivity (Wildman–Crippen MR) is 30.1 cm³/mol. The van der Waals surface area contributed by atoms with Crippen molar-refractivity contribution in [1.29, 1.82) is 0 Å². The van der Waals surface area contributed by atoms with E-state index < -0.39 is 14.0 Å². The third kappa shape index (κ3) is 1.51. The molecular formula is C4H8FO3P. The molecule has 0 aromatic rings. The molecule has 1 fully saturated rings. The van der Waals surface area contributed by atoms with Crippen molar-refractivity contribution in [1.82, 2.24) is 0 Å². The summed E-state index contributed by atoms with van der Waals surface area (Å²) in [7, 11) is -1.72. The molecular weight excluding hydrogens is 146 g/mol. The van der Waals surface area contributed by atoms with Gasteiger partial charge >= 0.3 is 7.60 Å². The van der Waals surface area contributed by atoms with Crippen LogP contribution < -0.4 is 0 Å². The predicted octanol–water partition coefficient (Wildman–Crippen LogP) is 1.54. The summed E-state index contributed by atoms with van der Waals surface area (Å²) >= 11 is 0. The summed E-state index contributed by atoms with van der Waals surface area (Å²) in [5.41, 5.74) is 0. The van der Waals surface area contributed by atoms with E-state index in [1.165, 1.54) is 7.11 Å². The first-order valence-electron chi connectivity index (χ1n) is 2.63. The largest absolute Gasteiger partial charge is 0.333 e. The highest BCUT2D eigenvalue weighted by molar-refractivity contribution is 7.54. The van der Waals surface area contributed by atoms with Crippen LogP contribution in [0.4, 0.5) is 4.39 Å². The molecule has 1 heterocycles. The van der Waals surface area contributed by atoms with E-state index in [0.29, 0.717) is 0 Å². The monoisotopic (exact) mass is 154 g/mol. The van der Waals surface area contributed by atoms with Crippen LogP contribution in [0.3, 0.4) is 0 Å². The Labute approximate surface area is 52.7 Å². The molecule has 0 radical (unpaired) electrons. The normalized spacial score (nSPS) is 43.6. The summed E-state index contributed by atoms with van der Waals surface area (Å²) in [6.45, 7) is 0. The topological polar surface area (TPSA) is 35.5 Å². The zero-order valence-corrected chi connectivity index (χ0v) is 5.94. The van der Waals surface area contributed by atoms with E-state index in [1.807, 2.05) is 0 Å². The molecule has 0 aromatic carbocycles. The van der Waals surface area contributed by atoms with Crippen molar-refractivity contribution in [2.75, 3.05) is 13.3 Å². The quantitative estimate of drug-likeness (QED) is 0.537. The molecule has 1 aliphatic heterocycles. The Morgan fingerprint density at radius 3 is 2.78 bits per heavy atom. The lowest BCUT2D eigenvalue weighted by Gasteiger charge is -2.05. The summed E-state index contributed by atoms with van der Waals surface area (Å²) in [6, 6.07) is 0. The highest BCUT2D eigenvalue weighted by Gasteiger charge is 2.35. The van der Waals surface area contributed by atoms with Gasteiger partial charge in [0.15, 0.2) is 0 Å². The van der Waals surface area contributed by atoms with Crippen molar-refractivity contribution < 1.29 is 18.0 Å². The summed E-state index contributed by atoms with van der Waals surface area (Å²) in [5, 5.41) is 0. The fourth-order valence-electron chi connectivity index (χ4n) is 0.674. The minimum absolute atomic E-state index is 0.186. The lowest BCUT2D eigenvalue weighted by atomic mass is 10.5. The van der Waals surface area contributed by atoms with Crippen molar-refractivity contribution in [3.05, 3.63) is 0 Å². The van der Waals surface area contributed by atoms with E-state index >= 15 is 0 Å². The van der Waals surface area contributed by atoms with Gasteiger partial charge in [0, 0.05) is 13.5 Å². The maximum absolute atomic E-state index is 12.1. The SMILES string of the molecule is COP1(=O)CCC(F)O1. The van der Waals surface area contributed by atoms with E-state index in [2.05, 4.69) is 9.05 Å². The van der Waals surface area contributed by atoms with E-state index in [0.717, 1.165) is 0 Å². The van der Waals surface area contributed by atoms with Crippen molar-refractivity contribution in [3.8, 4) is 0 Å². The van der Waals surface area contributed by atoms with Crippen LogP contribution in [-0.4, -0.2) is 19.6 Å². The van der Waals surface area contributed by atoms with Gasteiger partial charge in [0.05, 0.1) is 6.16 Å². The Morgan fingerprint density at radius 1 is 1.89 bits per heavy atom. The first-order valence-corrected chi connectivity index (χ1v) is 4.36. The molecule has 1 aliphatic rings. The van der Waals surface area contributed by atoms with Crippen LogP contribution in [0.5, 0.6) is 0 Å². The fraction of sp³-hybridized carbons (Fsp3) is 1.00. The van der Waals surface area contributed by atoms with Gasteiger partial charge in [-0.2, -0.15) is 0 Å². The first kappa shape index (κ1) is 7.19. The maximum Gasteiger partial charge on any atom is 0.333 e. The standard InChI is InChI=1S/C4H8FO3P/c1-7-9(6)3-2-4(5)8-9/h4H,2-3H2,1H3. The molecule has 0 aromatic heterocycles. The lowest BCUT2D eigenvalue weighted by molar-refractivity contribution is 0.0753. The molecule has 0 aliphatic carbocycles. The van der Waals surface area contributed by atoms with Gasteiger partial charge in [0.2, 0.25) is 6.36 Å². The molecule has 9 heavy (non-hydrogen) atoms. The molecule has 54 valence electrons. The average molecular weight is 154 g/mol. The second kappa shape index (κ2) is 2.37. The van der Waals surface area contributed by atoms with Crippen LogP contribution >= 0.6 is 7.60 Å². The molecule has 0 spiro atoms. The molecule has 5 heteroatoms. The lowest BCUT2D eigenvalue weighted by Crippen LogP contribution is -1.91. The average Bonchev–Trinajstić information content (AvgIpc) is 2.13. The van der Waals surface area contributed by atoms with Gasteiger partial charge in [-0.25, -0.2) is 4.39 Å². The number of halogens is 1. The van der Waals surface area contributed by atoms with Gasteiger partial charge < -0.3 is 4.52 Å². The molecule has 1 rings (SSSR count). The van der Waals surface area contributed by atoms with Crippen LogP contribution in [0.1, 0.15) is 6.42 Å². The van der Waals surface area contributed by atoms with Crippen LogP contribution in [0.25, 0.3) is 0 Å². The van der Waals surface area contributed by atoms with Gasteiger partial charge in [-0.1, -0.05) is 0 Å². The van der Waals surface area contributed by atoms with Gasteiger partial charge in [0.25, 0.3) is 0 Å². The molecule has 0 bridgehead atoms. The summed E-state index contributed by atoms with van der Waals surface area (Å²) in [4.78, 5) is 0. The minimum atomic E-state index is -2.98. The van der Waals surface area contributed by atoms with E-state index in [9.17, 15) is 8.96 Å². The Balaban J connectivity index is 2.55. The zero-order valence-electron chi connectivity index (χ0n) is 5.04. The molecule has 2 atom stereocenters. The molecule has 2 unspecified atom stereocenters. The third-order valence-electron chi connectivity index (χ3n) is 1.18. The van der Waals surface area contributed by atoms with Gasteiger partial charge in [-0.15, -0.1) is 0 Å². The highest BCUT2D eigenvalue weighted by atomic mass is 31.2. The Bertz CT molecular complexity index is 149. The highest BCUT2D eigenvalue weighted by Crippen LogP contribution is 2.54. The van der Waals surface area contributed by atoms with Crippen LogP contribution in [-0.2, 0) is 13.6 Å². The van der Waals surface area contributed by atoms with Gasteiger partial charge in [0.1, 0.15) is 0 Å². The van der Waals surface area contributed by atoms with Crippen LogP contribution in [0.15, 0.2) is 0 Å². The second-order valence-corrected chi connectivity index (χ2v) is 4.07. The second-order valence-electron chi connectivity index (χ2n) is 1.82. The summed E-state index contributed by atoms with van der Waals surface area (Å²) < 4.78 is 31.9. The summed E-state index contributed by atoms with van der Waals surface area (Å²) in [6.07, 6.45) is -1.01. The zero-order chi connectivity index (χ0) is 6.91. The van der Waals surface area contributed by atoms with Gasteiger partial charge in [-0.3, -0.25) is 9.09 Å². The maximum atomic E-state index is 12.1. The number of hydrogen-bond donors (Lipinski definition) is 0. The molecule has 0 amide bonds. The Morgan fingerprint density at radius 2 is 2.56 bits per heavy atom. The number of alkyl halides is 1. The van der Waals surface area contributed by atoms with Crippen molar-refractivity contribution in [3.63, 3.8) is 0 Å². The van der Waals surface area contributed by atoms with E-state index in [4.69, 9.17) is 0 Å². The van der Waals surface area contributed by atoms with Crippen molar-refractivity contribution in [2.45, 2.75) is 12.8 Å². The van der Waals surface area contributed by atoms with Crippen molar-refractivity contribution in [2.24, 2.45) is 0 Å². The van der Waals surface area contributed by atoms with Crippen molar-refractivity contribution >= 4 is 7.60 Å². The smallest absolute Gasteiger partial charge is 0.312 e. The third-order valence-corrected chi connectivity index (χ3v) is 3.10. The van der Waals surface area contributed by atoms with Crippen LogP contribution in [0.2, 0.25) is 0 Å². The van der Waals surface area contributed by atoms with Gasteiger partial charge in [-0.05, 0) is 0 Å². The first-order chi connectivity index (χ1) is 4.16. The Kier molecular flexibility index (Phi) is 1.89. The van der Waals surface area contributed by atoms with E-state index in [-0.39, 0.29) is 12.6 Å². The molecule has 0 N–H and O–H groups in total. The molecule has 0 saturated carbocycles. The summed E-state index contributed by atoms with van der Waals surface area (Å²) in [5.74, 6) is 0. The fourth-order valence-corrected chi connectivity index (χ4v) is 2.02. The Hall–Kier alpha value is 0.0800. The molecule has 1 saturated heterocycles. The minimum Gasteiger partial charge on any atom is -0.312 e. The van der Waals surface area contributed by atoms with Crippen LogP contribution in [0, 0.1) is 0 Å².